The minimum Gasteiger partial charge on any atom is -0.375 e. The quantitative estimate of drug-likeness (QED) is 0.925. The Morgan fingerprint density at radius 3 is 2.47 bits per heavy atom. The van der Waals surface area contributed by atoms with Crippen molar-refractivity contribution < 1.29 is 13.2 Å². The van der Waals surface area contributed by atoms with E-state index in [0.29, 0.717) is 24.3 Å². The lowest BCUT2D eigenvalue weighted by Gasteiger charge is -2.35. The van der Waals surface area contributed by atoms with Crippen molar-refractivity contribution in [2.45, 2.75) is 50.2 Å². The number of nitrogens with one attached hydrogen (secondary N) is 1. The zero-order valence-electron chi connectivity index (χ0n) is 11.6. The van der Waals surface area contributed by atoms with Gasteiger partial charge in [0.15, 0.2) is 0 Å². The average Bonchev–Trinajstić information content (AvgIpc) is 2.27. The first-order valence-corrected chi connectivity index (χ1v) is 8.00. The van der Waals surface area contributed by atoms with Crippen molar-refractivity contribution in [3.8, 4) is 0 Å². The van der Waals surface area contributed by atoms with E-state index in [1.165, 1.54) is 0 Å². The van der Waals surface area contributed by atoms with E-state index in [4.69, 9.17) is 4.74 Å². The Kier molecular flexibility index (Phi) is 3.99. The Morgan fingerprint density at radius 2 is 1.89 bits per heavy atom. The van der Waals surface area contributed by atoms with E-state index in [0.717, 1.165) is 5.56 Å². The van der Waals surface area contributed by atoms with Crippen LogP contribution in [0.15, 0.2) is 29.2 Å². The summed E-state index contributed by atoms with van der Waals surface area (Å²) in [4.78, 5) is 0.322. The normalized spacial score (nSPS) is 23.2. The van der Waals surface area contributed by atoms with Crippen molar-refractivity contribution in [3.05, 3.63) is 29.8 Å². The van der Waals surface area contributed by atoms with Gasteiger partial charge < -0.3 is 4.74 Å². The molecule has 1 aromatic carbocycles. The fourth-order valence-corrected chi connectivity index (χ4v) is 3.61. The summed E-state index contributed by atoms with van der Waals surface area (Å²) in [7, 11) is -3.43. The molecule has 1 saturated heterocycles. The molecule has 1 heterocycles. The number of rotatable bonds is 3. The molecule has 4 nitrogen and oxygen atoms in total. The first-order chi connectivity index (χ1) is 8.78. The molecular formula is C14H21NO3S. The first-order valence-electron chi connectivity index (χ1n) is 6.51. The Balaban J connectivity index is 2.11. The van der Waals surface area contributed by atoms with Gasteiger partial charge in [-0.2, -0.15) is 0 Å². The van der Waals surface area contributed by atoms with Crippen molar-refractivity contribution in [3.63, 3.8) is 0 Å². The minimum atomic E-state index is -3.43. The predicted molar refractivity (Wildman–Crippen MR) is 74.6 cm³/mol. The molecule has 0 aliphatic carbocycles. The Labute approximate surface area is 115 Å². The summed E-state index contributed by atoms with van der Waals surface area (Å²) < 4.78 is 32.9. The maximum atomic E-state index is 12.3. The molecule has 2 rings (SSSR count). The van der Waals surface area contributed by atoms with E-state index in [1.807, 2.05) is 32.9 Å². The molecule has 0 amide bonds. The molecule has 1 aromatic rings. The van der Waals surface area contributed by atoms with Gasteiger partial charge in [0.2, 0.25) is 10.0 Å². The summed E-state index contributed by atoms with van der Waals surface area (Å²) in [6, 6.07) is 6.84. The maximum absolute atomic E-state index is 12.3. The number of hydrogen-bond acceptors (Lipinski definition) is 3. The van der Waals surface area contributed by atoms with Gasteiger partial charge in [-0.05, 0) is 45.7 Å². The number of benzene rings is 1. The summed E-state index contributed by atoms with van der Waals surface area (Å²) in [5.41, 5.74) is 0.782. The van der Waals surface area contributed by atoms with Gasteiger partial charge in [0.05, 0.1) is 10.5 Å². The van der Waals surface area contributed by atoms with Crippen LogP contribution in [0.3, 0.4) is 0 Å². The highest BCUT2D eigenvalue weighted by Gasteiger charge is 2.31. The van der Waals surface area contributed by atoms with Gasteiger partial charge in [-0.15, -0.1) is 0 Å². The highest BCUT2D eigenvalue weighted by molar-refractivity contribution is 7.89. The van der Waals surface area contributed by atoms with E-state index in [1.54, 1.807) is 12.1 Å². The fraction of sp³-hybridized carbons (Fsp3) is 0.571. The van der Waals surface area contributed by atoms with Crippen molar-refractivity contribution >= 4 is 10.0 Å². The van der Waals surface area contributed by atoms with Crippen molar-refractivity contribution in [1.29, 1.82) is 0 Å². The summed E-state index contributed by atoms with van der Waals surface area (Å²) in [6.45, 7) is 6.50. The topological polar surface area (TPSA) is 55.4 Å². The number of ether oxygens (including phenoxy) is 1. The van der Waals surface area contributed by atoms with Crippen LogP contribution in [-0.4, -0.2) is 26.7 Å². The Bertz CT molecular complexity index is 534. The lowest BCUT2D eigenvalue weighted by atomic mass is 9.95. The van der Waals surface area contributed by atoms with Crippen LogP contribution in [0.5, 0.6) is 0 Å². The Hall–Kier alpha value is -0.910. The molecular weight excluding hydrogens is 262 g/mol. The van der Waals surface area contributed by atoms with Crippen LogP contribution in [0.4, 0.5) is 0 Å². The van der Waals surface area contributed by atoms with E-state index >= 15 is 0 Å². The fourth-order valence-electron chi connectivity index (χ4n) is 2.34. The zero-order valence-corrected chi connectivity index (χ0v) is 12.5. The third kappa shape index (κ3) is 3.78. The van der Waals surface area contributed by atoms with Gasteiger partial charge in [-0.3, -0.25) is 0 Å². The molecule has 0 unspecified atom stereocenters. The highest BCUT2D eigenvalue weighted by Crippen LogP contribution is 2.25. The number of aryl methyl sites for hydroxylation is 1. The lowest BCUT2D eigenvalue weighted by molar-refractivity contribution is -0.0599. The van der Waals surface area contributed by atoms with Gasteiger partial charge >= 0.3 is 0 Å². The van der Waals surface area contributed by atoms with Crippen LogP contribution in [0.25, 0.3) is 0 Å². The molecule has 1 atom stereocenters. The van der Waals surface area contributed by atoms with E-state index in [-0.39, 0.29) is 11.6 Å². The molecule has 1 N–H and O–H groups in total. The van der Waals surface area contributed by atoms with Crippen LogP contribution in [0.1, 0.15) is 32.3 Å². The summed E-state index contributed by atoms with van der Waals surface area (Å²) in [5, 5.41) is 0. The monoisotopic (exact) mass is 283 g/mol. The largest absolute Gasteiger partial charge is 0.375 e. The second-order valence-electron chi connectivity index (χ2n) is 5.73. The number of sulfonamides is 1. The summed E-state index contributed by atoms with van der Waals surface area (Å²) in [5.74, 6) is 0. The Morgan fingerprint density at radius 1 is 1.26 bits per heavy atom. The SMILES string of the molecule is Cc1ccc(S(=O)(=O)N[C@@H]2CCOC(C)(C)C2)cc1. The van der Waals surface area contributed by atoms with Gasteiger partial charge in [0.1, 0.15) is 0 Å². The third-order valence-electron chi connectivity index (χ3n) is 3.35. The van der Waals surface area contributed by atoms with Gasteiger partial charge in [-0.1, -0.05) is 17.7 Å². The zero-order chi connectivity index (χ0) is 14.1. The second-order valence-corrected chi connectivity index (χ2v) is 7.45. The smallest absolute Gasteiger partial charge is 0.240 e. The predicted octanol–water partition coefficient (Wildman–Crippen LogP) is 2.23. The molecule has 0 saturated carbocycles. The third-order valence-corrected chi connectivity index (χ3v) is 4.89. The van der Waals surface area contributed by atoms with E-state index in [9.17, 15) is 8.42 Å². The van der Waals surface area contributed by atoms with Crippen LogP contribution in [-0.2, 0) is 14.8 Å². The van der Waals surface area contributed by atoms with Gasteiger partial charge in [0, 0.05) is 12.6 Å². The highest BCUT2D eigenvalue weighted by atomic mass is 32.2. The molecule has 106 valence electrons. The lowest BCUT2D eigenvalue weighted by Crippen LogP contribution is -2.45. The van der Waals surface area contributed by atoms with Crippen molar-refractivity contribution in [2.75, 3.05) is 6.61 Å². The molecule has 19 heavy (non-hydrogen) atoms. The van der Waals surface area contributed by atoms with Crippen molar-refractivity contribution in [2.24, 2.45) is 0 Å². The van der Waals surface area contributed by atoms with Crippen molar-refractivity contribution in [1.82, 2.24) is 4.72 Å². The van der Waals surface area contributed by atoms with Gasteiger partial charge in [-0.25, -0.2) is 13.1 Å². The molecule has 0 bridgehead atoms. The maximum Gasteiger partial charge on any atom is 0.240 e. The summed E-state index contributed by atoms with van der Waals surface area (Å²) >= 11 is 0. The van der Waals surface area contributed by atoms with Crippen LogP contribution >= 0.6 is 0 Å². The van der Waals surface area contributed by atoms with Crippen LogP contribution < -0.4 is 4.72 Å². The molecule has 0 spiro atoms. The van der Waals surface area contributed by atoms with Gasteiger partial charge in [0.25, 0.3) is 0 Å². The first kappa shape index (κ1) is 14.5. The molecule has 1 aliphatic heterocycles. The molecule has 1 aliphatic rings. The minimum absolute atomic E-state index is 0.0601. The summed E-state index contributed by atoms with van der Waals surface area (Å²) in [6.07, 6.45) is 1.41. The molecule has 5 heteroatoms. The van der Waals surface area contributed by atoms with E-state index < -0.39 is 10.0 Å². The molecule has 0 radical (unpaired) electrons. The average molecular weight is 283 g/mol. The standard InChI is InChI=1S/C14H21NO3S/c1-11-4-6-13(7-5-11)19(16,17)15-12-8-9-18-14(2,3)10-12/h4-7,12,15H,8-10H2,1-3H3/t12-/m1/s1. The second kappa shape index (κ2) is 5.23. The molecule has 1 fully saturated rings. The van der Waals surface area contributed by atoms with Crippen LogP contribution in [0, 0.1) is 6.92 Å². The number of hydrogen-bond donors (Lipinski definition) is 1. The van der Waals surface area contributed by atoms with E-state index in [2.05, 4.69) is 4.72 Å². The molecule has 0 aromatic heterocycles. The van der Waals surface area contributed by atoms with Crippen LogP contribution in [0.2, 0.25) is 0 Å².